The summed E-state index contributed by atoms with van der Waals surface area (Å²) in [6, 6.07) is 9.00. The van der Waals surface area contributed by atoms with Gasteiger partial charge in [-0.1, -0.05) is 29.3 Å². The molecule has 5 nitrogen and oxygen atoms in total. The maximum Gasteiger partial charge on any atom is 0.244 e. The normalized spacial score (nSPS) is 12.6. The zero-order valence-corrected chi connectivity index (χ0v) is 15.4. The first-order chi connectivity index (χ1) is 12.6. The number of H-pyrrole nitrogens is 1. The van der Waals surface area contributed by atoms with E-state index in [4.69, 9.17) is 28.9 Å². The molecule has 4 N–H and O–H groups in total. The minimum Gasteiger partial charge on any atom is -0.348 e. The Morgan fingerprint density at radius 3 is 2.92 bits per heavy atom. The molecule has 0 unspecified atom stereocenters. The largest absolute Gasteiger partial charge is 0.348 e. The van der Waals surface area contributed by atoms with Crippen molar-refractivity contribution < 1.29 is 4.79 Å². The molecule has 0 saturated heterocycles. The van der Waals surface area contributed by atoms with E-state index in [0.717, 1.165) is 22.2 Å². The van der Waals surface area contributed by atoms with Crippen molar-refractivity contribution in [3.63, 3.8) is 0 Å². The van der Waals surface area contributed by atoms with Crippen LogP contribution in [0.1, 0.15) is 11.1 Å². The summed E-state index contributed by atoms with van der Waals surface area (Å²) >= 11 is 12.0. The molecule has 7 heteroatoms. The van der Waals surface area contributed by atoms with Crippen LogP contribution in [0, 0.1) is 0 Å². The number of carbonyl (C=O) groups is 1. The highest BCUT2D eigenvalue weighted by Gasteiger charge is 2.11. The monoisotopic (exact) mass is 388 g/mol. The van der Waals surface area contributed by atoms with Gasteiger partial charge in [0.1, 0.15) is 5.65 Å². The summed E-state index contributed by atoms with van der Waals surface area (Å²) in [5, 5.41) is 4.85. The van der Waals surface area contributed by atoms with Gasteiger partial charge in [0.25, 0.3) is 0 Å². The third kappa shape index (κ3) is 4.43. The summed E-state index contributed by atoms with van der Waals surface area (Å²) in [4.78, 5) is 19.5. The predicted molar refractivity (Wildman–Crippen MR) is 106 cm³/mol. The molecule has 0 aliphatic carbocycles. The lowest BCUT2D eigenvalue weighted by Crippen LogP contribution is -2.40. The Kier molecular flexibility index (Phi) is 5.93. The molecule has 0 aliphatic rings. The lowest BCUT2D eigenvalue weighted by molar-refractivity contribution is -0.117. The number of fused-ring (bicyclic) bond motifs is 1. The van der Waals surface area contributed by atoms with Crippen molar-refractivity contribution >= 4 is 46.2 Å². The van der Waals surface area contributed by atoms with Gasteiger partial charge >= 0.3 is 0 Å². The van der Waals surface area contributed by atoms with Gasteiger partial charge in [0.2, 0.25) is 5.91 Å². The van der Waals surface area contributed by atoms with E-state index in [0.29, 0.717) is 23.0 Å². The number of benzene rings is 1. The number of amides is 1. The Balaban J connectivity index is 1.64. The Labute approximate surface area is 161 Å². The number of pyridine rings is 1. The fraction of sp³-hybridized carbons (Fsp3) is 0.158. The average molecular weight is 389 g/mol. The number of aromatic amines is 1. The smallest absolute Gasteiger partial charge is 0.244 e. The van der Waals surface area contributed by atoms with Gasteiger partial charge in [-0.25, -0.2) is 4.98 Å². The fourth-order valence-electron chi connectivity index (χ4n) is 2.67. The molecule has 3 rings (SSSR count). The fourth-order valence-corrected chi connectivity index (χ4v) is 2.99. The zero-order chi connectivity index (χ0) is 18.5. The van der Waals surface area contributed by atoms with Crippen LogP contribution < -0.4 is 11.1 Å². The van der Waals surface area contributed by atoms with Crippen molar-refractivity contribution in [2.24, 2.45) is 5.73 Å². The Morgan fingerprint density at radius 1 is 1.31 bits per heavy atom. The van der Waals surface area contributed by atoms with E-state index in [-0.39, 0.29) is 11.9 Å². The van der Waals surface area contributed by atoms with Crippen molar-refractivity contribution in [3.05, 3.63) is 70.0 Å². The first kappa shape index (κ1) is 18.5. The van der Waals surface area contributed by atoms with Gasteiger partial charge in [0.05, 0.1) is 10.0 Å². The maximum absolute atomic E-state index is 12.2. The average Bonchev–Trinajstić information content (AvgIpc) is 3.05. The number of nitrogens with two attached hydrogens (primary N) is 1. The van der Waals surface area contributed by atoms with E-state index in [2.05, 4.69) is 15.3 Å². The maximum atomic E-state index is 12.2. The Morgan fingerprint density at radius 2 is 2.15 bits per heavy atom. The topological polar surface area (TPSA) is 83.8 Å². The molecular weight excluding hydrogens is 371 g/mol. The molecule has 0 radical (unpaired) electrons. The molecule has 2 heterocycles. The molecule has 2 aromatic heterocycles. The lowest BCUT2D eigenvalue weighted by atomic mass is 10.1. The van der Waals surface area contributed by atoms with Crippen molar-refractivity contribution in [3.8, 4) is 0 Å². The van der Waals surface area contributed by atoms with E-state index in [1.165, 1.54) is 6.08 Å². The van der Waals surface area contributed by atoms with Crippen LogP contribution in [0.2, 0.25) is 10.0 Å². The van der Waals surface area contributed by atoms with Gasteiger partial charge in [-0.15, -0.1) is 0 Å². The van der Waals surface area contributed by atoms with E-state index in [9.17, 15) is 4.79 Å². The van der Waals surface area contributed by atoms with E-state index >= 15 is 0 Å². The number of hydrogen-bond acceptors (Lipinski definition) is 3. The SMILES string of the molecule is NC[C@H](Cc1ccc(Cl)c(Cl)c1)NC(=O)C=Cc1c[nH]c2ncccc12. The standard InChI is InChI=1S/C19H18Cl2N4O/c20-16-5-3-12(9-17(16)21)8-14(10-22)25-18(26)6-4-13-11-24-19-15(13)2-1-7-23-19/h1-7,9,11,14H,8,10,22H2,(H,23,24)(H,25,26)/t14-/m0/s1. The van der Waals surface area contributed by atoms with E-state index in [1.807, 2.05) is 24.4 Å². The number of rotatable bonds is 6. The van der Waals surface area contributed by atoms with Crippen LogP contribution in [0.15, 0.2) is 48.8 Å². The zero-order valence-electron chi connectivity index (χ0n) is 13.9. The molecule has 0 spiro atoms. The number of nitrogens with zero attached hydrogens (tertiary/aromatic N) is 1. The number of halogens is 2. The summed E-state index contributed by atoms with van der Waals surface area (Å²) in [7, 11) is 0. The summed E-state index contributed by atoms with van der Waals surface area (Å²) in [5.74, 6) is -0.209. The van der Waals surface area contributed by atoms with Crippen LogP contribution in [-0.4, -0.2) is 28.5 Å². The summed E-state index contributed by atoms with van der Waals surface area (Å²) in [6.07, 6.45) is 7.35. The highest BCUT2D eigenvalue weighted by molar-refractivity contribution is 6.42. The van der Waals surface area contributed by atoms with Crippen molar-refractivity contribution in [2.45, 2.75) is 12.5 Å². The Hall–Kier alpha value is -2.34. The van der Waals surface area contributed by atoms with Gasteiger partial charge in [-0.05, 0) is 42.3 Å². The number of carbonyl (C=O) groups excluding carboxylic acids is 1. The Bertz CT molecular complexity index is 952. The van der Waals surface area contributed by atoms with Crippen LogP contribution in [0.4, 0.5) is 0 Å². The van der Waals surface area contributed by atoms with E-state index in [1.54, 1.807) is 24.4 Å². The minimum atomic E-state index is -0.209. The summed E-state index contributed by atoms with van der Waals surface area (Å²) in [6.45, 7) is 0.316. The molecule has 0 saturated carbocycles. The van der Waals surface area contributed by atoms with Gasteiger partial charge in [-0.3, -0.25) is 4.79 Å². The third-order valence-electron chi connectivity index (χ3n) is 3.99. The van der Waals surface area contributed by atoms with Crippen LogP contribution in [0.25, 0.3) is 17.1 Å². The van der Waals surface area contributed by atoms with Crippen molar-refractivity contribution in [1.82, 2.24) is 15.3 Å². The van der Waals surface area contributed by atoms with Crippen LogP contribution in [0.5, 0.6) is 0 Å². The second-order valence-electron chi connectivity index (χ2n) is 5.87. The van der Waals surface area contributed by atoms with Crippen LogP contribution in [0.3, 0.4) is 0 Å². The van der Waals surface area contributed by atoms with Gasteiger partial charge < -0.3 is 16.0 Å². The molecule has 0 fully saturated rings. The molecule has 1 amide bonds. The first-order valence-corrected chi connectivity index (χ1v) is 8.87. The molecule has 1 aromatic carbocycles. The van der Waals surface area contributed by atoms with Crippen molar-refractivity contribution in [1.29, 1.82) is 0 Å². The number of aromatic nitrogens is 2. The number of hydrogen-bond donors (Lipinski definition) is 3. The molecule has 0 bridgehead atoms. The van der Waals surface area contributed by atoms with Crippen molar-refractivity contribution in [2.75, 3.05) is 6.54 Å². The highest BCUT2D eigenvalue weighted by atomic mass is 35.5. The molecule has 0 aliphatic heterocycles. The lowest BCUT2D eigenvalue weighted by Gasteiger charge is -2.16. The second kappa shape index (κ2) is 8.36. The highest BCUT2D eigenvalue weighted by Crippen LogP contribution is 2.23. The molecule has 26 heavy (non-hydrogen) atoms. The second-order valence-corrected chi connectivity index (χ2v) is 6.69. The molecule has 3 aromatic rings. The van der Waals surface area contributed by atoms with E-state index < -0.39 is 0 Å². The van der Waals surface area contributed by atoms with Gasteiger partial charge in [-0.2, -0.15) is 0 Å². The van der Waals surface area contributed by atoms with Gasteiger partial charge in [0, 0.05) is 42.0 Å². The van der Waals surface area contributed by atoms with Crippen LogP contribution >= 0.6 is 23.2 Å². The van der Waals surface area contributed by atoms with Crippen LogP contribution in [-0.2, 0) is 11.2 Å². The third-order valence-corrected chi connectivity index (χ3v) is 4.73. The quantitative estimate of drug-likeness (QED) is 0.564. The predicted octanol–water partition coefficient (Wildman–Crippen LogP) is 3.57. The minimum absolute atomic E-state index is 0.200. The molecular formula is C19H18Cl2N4O. The first-order valence-electron chi connectivity index (χ1n) is 8.11. The van der Waals surface area contributed by atoms with Gasteiger partial charge in [0.15, 0.2) is 0 Å². The molecule has 1 atom stereocenters. The number of nitrogens with one attached hydrogen (secondary N) is 2. The molecule has 134 valence electrons. The summed E-state index contributed by atoms with van der Waals surface area (Å²) < 4.78 is 0. The summed E-state index contributed by atoms with van der Waals surface area (Å²) in [5.41, 5.74) is 8.44.